The van der Waals surface area contributed by atoms with Crippen molar-refractivity contribution in [3.05, 3.63) is 47.8 Å². The second-order valence-electron chi connectivity index (χ2n) is 16.7. The Labute approximate surface area is 316 Å². The predicted molar refractivity (Wildman–Crippen MR) is 209 cm³/mol. The maximum Gasteiger partial charge on any atom is 0.335 e. The van der Waals surface area contributed by atoms with E-state index in [1.807, 2.05) is 21.0 Å². The fourth-order valence-corrected chi connectivity index (χ4v) is 8.95. The van der Waals surface area contributed by atoms with Gasteiger partial charge in [0.15, 0.2) is 0 Å². The number of amides is 2. The van der Waals surface area contributed by atoms with Gasteiger partial charge in [-0.2, -0.15) is 0 Å². The van der Waals surface area contributed by atoms with Crippen molar-refractivity contribution in [3.63, 3.8) is 0 Å². The summed E-state index contributed by atoms with van der Waals surface area (Å²) in [7, 11) is 2.43. The number of aryl methyl sites for hydroxylation is 1. The molecule has 1 aliphatic heterocycles. The van der Waals surface area contributed by atoms with Gasteiger partial charge in [0.1, 0.15) is 26.8 Å². The first kappa shape index (κ1) is 39.0. The van der Waals surface area contributed by atoms with Crippen LogP contribution in [-0.2, 0) is 34.0 Å². The summed E-state index contributed by atoms with van der Waals surface area (Å²) in [4.78, 5) is 52.3. The van der Waals surface area contributed by atoms with Gasteiger partial charge in [0.2, 0.25) is 11.8 Å². The predicted octanol–water partition coefficient (Wildman–Crippen LogP) is 6.76. The van der Waals surface area contributed by atoms with Crippen LogP contribution >= 0.6 is 0 Å². The second-order valence-corrected chi connectivity index (χ2v) is 16.7. The number of carboxylic acids is 1. The van der Waals surface area contributed by atoms with Crippen LogP contribution in [0.3, 0.4) is 0 Å². The number of hydrogen-bond donors (Lipinski definition) is 1. The Balaban J connectivity index is 1.13. The van der Waals surface area contributed by atoms with E-state index in [2.05, 4.69) is 19.8 Å². The van der Waals surface area contributed by atoms with Gasteiger partial charge in [-0.3, -0.25) is 9.59 Å². The lowest BCUT2D eigenvalue weighted by molar-refractivity contribution is -0.153. The van der Waals surface area contributed by atoms with Crippen LogP contribution < -0.4 is 0 Å². The minimum Gasteiger partial charge on any atom is -0.478 e. The van der Waals surface area contributed by atoms with E-state index < -0.39 is 5.97 Å². The first-order valence-electron chi connectivity index (χ1n) is 20.5. The van der Waals surface area contributed by atoms with E-state index in [-0.39, 0.29) is 54.0 Å². The monoisotopic (exact) mass is 728 g/mol. The molecule has 2 unspecified atom stereocenters. The number of carbonyl (C=O) groups is 3. The number of aromatic nitrogens is 4. The van der Waals surface area contributed by atoms with Crippen molar-refractivity contribution >= 4 is 36.7 Å². The van der Waals surface area contributed by atoms with Gasteiger partial charge >= 0.3 is 5.97 Å². The van der Waals surface area contributed by atoms with E-state index in [0.717, 1.165) is 63.8 Å². The smallest absolute Gasteiger partial charge is 0.335 e. The fraction of sp³-hybridized carbons (Fsp3) is 0.683. The van der Waals surface area contributed by atoms with E-state index in [0.29, 0.717) is 23.4 Å². The van der Waals surface area contributed by atoms with Gasteiger partial charge in [0.05, 0.1) is 47.3 Å². The number of fused-ring (bicyclic) bond motifs is 1. The molecule has 53 heavy (non-hydrogen) atoms. The maximum atomic E-state index is 13.9. The summed E-state index contributed by atoms with van der Waals surface area (Å²) >= 11 is 0. The summed E-state index contributed by atoms with van der Waals surface area (Å²) in [5.41, 5.74) is 2.26. The van der Waals surface area contributed by atoms with Crippen molar-refractivity contribution < 1.29 is 24.2 Å². The normalized spacial score (nSPS) is 24.0. The fourth-order valence-electron chi connectivity index (χ4n) is 8.95. The number of carboxylic acid groups (broad SMARTS) is 1. The molecule has 288 valence electrons. The number of piperazine rings is 1. The van der Waals surface area contributed by atoms with E-state index in [4.69, 9.17) is 9.72 Å². The number of imidazole rings is 2. The Hall–Kier alpha value is -3.67. The van der Waals surface area contributed by atoms with Gasteiger partial charge in [-0.25, -0.2) is 14.8 Å². The molecule has 3 aromatic rings. The molecule has 6 rings (SSSR count). The molecule has 12 heteroatoms. The zero-order valence-electron chi connectivity index (χ0n) is 32.5. The van der Waals surface area contributed by atoms with Gasteiger partial charge in [0, 0.05) is 25.4 Å². The number of ether oxygens (including phenoxy) is 1. The van der Waals surface area contributed by atoms with E-state index in [1.165, 1.54) is 64.2 Å². The van der Waals surface area contributed by atoms with Crippen LogP contribution in [0.4, 0.5) is 0 Å². The first-order valence-corrected chi connectivity index (χ1v) is 20.5. The van der Waals surface area contributed by atoms with Crippen LogP contribution in [0.15, 0.2) is 30.7 Å². The Morgan fingerprint density at radius 3 is 2.32 bits per heavy atom. The lowest BCUT2D eigenvalue weighted by atomic mass is 9.62. The van der Waals surface area contributed by atoms with Crippen LogP contribution in [0.5, 0.6) is 0 Å². The molecule has 0 bridgehead atoms. The first-order chi connectivity index (χ1) is 25.6. The second kappa shape index (κ2) is 17.6. The van der Waals surface area contributed by atoms with Gasteiger partial charge in [-0.15, -0.1) is 0 Å². The molecule has 2 saturated carbocycles. The highest BCUT2D eigenvalue weighted by Gasteiger charge is 2.36. The average Bonchev–Trinajstić information content (AvgIpc) is 3.72. The number of carbonyl (C=O) groups excluding carboxylic acids is 2. The van der Waals surface area contributed by atoms with Gasteiger partial charge in [0.25, 0.3) is 0 Å². The molecule has 3 heterocycles. The molecule has 1 N–H and O–H groups in total. The number of rotatable bonds is 10. The Kier molecular flexibility index (Phi) is 13.0. The third kappa shape index (κ3) is 9.91. The van der Waals surface area contributed by atoms with Crippen LogP contribution in [0, 0.1) is 0 Å². The summed E-state index contributed by atoms with van der Waals surface area (Å²) in [6.45, 7) is 6.58. The van der Waals surface area contributed by atoms with E-state index in [9.17, 15) is 19.5 Å². The zero-order chi connectivity index (χ0) is 37.4. The average molecular weight is 729 g/mol. The summed E-state index contributed by atoms with van der Waals surface area (Å²) < 4.78 is 10.9. The van der Waals surface area contributed by atoms with Crippen LogP contribution in [0.2, 0.25) is 5.31 Å². The standard InChI is InChI=1S/C41H61BN6O5/c1-3-45-30-43-24-33(45)25-48-35-23-31(39(51)52)17-18-34(35)44-36(48)26-46-27-38(50)47(28-37(46)49)32-15-10-6-4-7-11-19-40(2,20-14-16-32)53-29-41(42)21-12-8-5-9-13-22-41/h17-18,23-24,30,32H,3-16,19-22,25-29,42H2,1-2H3,(H,51,52). The molecular weight excluding hydrogens is 667 g/mol. The minimum atomic E-state index is -1.01. The van der Waals surface area contributed by atoms with Gasteiger partial charge in [-0.05, 0) is 69.5 Å². The molecule has 11 nitrogen and oxygen atoms in total. The van der Waals surface area contributed by atoms with Crippen molar-refractivity contribution in [3.8, 4) is 0 Å². The number of benzene rings is 1. The van der Waals surface area contributed by atoms with Crippen molar-refractivity contribution in [2.75, 3.05) is 19.7 Å². The Bertz CT molecular complexity index is 1710. The Morgan fingerprint density at radius 2 is 1.58 bits per heavy atom. The van der Waals surface area contributed by atoms with Gasteiger partial charge < -0.3 is 28.8 Å². The summed E-state index contributed by atoms with van der Waals surface area (Å²) in [6, 6.07) is 4.92. The highest BCUT2D eigenvalue weighted by molar-refractivity contribution is 6.15. The SMILES string of the molecule is BC1(COC2(C)CCCCCCCC(N3CC(=O)N(Cc4nc5ccc(C(=O)O)cc5n4Cc4cncn4CC)CC3=O)CCC2)CCCCCCC1. The van der Waals surface area contributed by atoms with E-state index in [1.54, 1.807) is 35.6 Å². The lowest BCUT2D eigenvalue weighted by Crippen LogP contribution is -2.56. The Morgan fingerprint density at radius 1 is 0.906 bits per heavy atom. The molecule has 2 amide bonds. The zero-order valence-corrected chi connectivity index (χ0v) is 32.5. The van der Waals surface area contributed by atoms with Crippen molar-refractivity contribution in [2.24, 2.45) is 0 Å². The van der Waals surface area contributed by atoms with Gasteiger partial charge in [-0.1, -0.05) is 77.0 Å². The highest BCUT2D eigenvalue weighted by atomic mass is 16.5. The maximum absolute atomic E-state index is 13.9. The third-order valence-electron chi connectivity index (χ3n) is 12.4. The van der Waals surface area contributed by atoms with Crippen LogP contribution in [0.25, 0.3) is 11.0 Å². The largest absolute Gasteiger partial charge is 0.478 e. The third-order valence-corrected chi connectivity index (χ3v) is 12.4. The molecule has 2 aromatic heterocycles. The lowest BCUT2D eigenvalue weighted by Gasteiger charge is -2.40. The van der Waals surface area contributed by atoms with E-state index >= 15 is 0 Å². The molecule has 0 radical (unpaired) electrons. The molecule has 3 aliphatic rings. The summed E-state index contributed by atoms with van der Waals surface area (Å²) in [5.74, 6) is -0.503. The van der Waals surface area contributed by atoms with Crippen molar-refractivity contribution in [1.82, 2.24) is 28.9 Å². The minimum absolute atomic E-state index is 0.00517. The molecule has 1 saturated heterocycles. The van der Waals surface area contributed by atoms with Crippen molar-refractivity contribution in [1.29, 1.82) is 0 Å². The summed E-state index contributed by atoms with van der Waals surface area (Å²) in [5, 5.41) is 9.96. The summed E-state index contributed by atoms with van der Waals surface area (Å²) in [6.07, 6.45) is 23.3. The van der Waals surface area contributed by atoms with Crippen LogP contribution in [-0.4, -0.2) is 91.0 Å². The van der Waals surface area contributed by atoms with Crippen molar-refractivity contribution in [2.45, 2.75) is 160 Å². The quantitative estimate of drug-likeness (QED) is 0.229. The number of hydrogen-bond acceptors (Lipinski definition) is 6. The topological polar surface area (TPSA) is 123 Å². The molecule has 2 aliphatic carbocycles. The molecule has 1 aromatic carbocycles. The molecular formula is C41H61BN6O5. The molecule has 0 spiro atoms. The highest BCUT2D eigenvalue weighted by Crippen LogP contribution is 2.40. The number of nitrogens with zero attached hydrogens (tertiary/aromatic N) is 6. The van der Waals surface area contributed by atoms with Crippen LogP contribution in [0.1, 0.15) is 145 Å². The molecule has 3 fully saturated rings. The number of aromatic carboxylic acids is 1. The molecule has 2 atom stereocenters.